The lowest BCUT2D eigenvalue weighted by atomic mass is 10.2. The number of nitrogens with one attached hydrogen (secondary N) is 1. The molecular weight excluding hydrogens is 498 g/mol. The number of fused-ring (bicyclic) bond motifs is 3. The summed E-state index contributed by atoms with van der Waals surface area (Å²) in [6.07, 6.45) is 3.22. The number of rotatable bonds is 3. The van der Waals surface area contributed by atoms with E-state index in [1.54, 1.807) is 42.4 Å². The van der Waals surface area contributed by atoms with Gasteiger partial charge < -0.3 is 14.5 Å². The molecule has 2 aromatic heterocycles. The van der Waals surface area contributed by atoms with Crippen LogP contribution in [0.2, 0.25) is 5.02 Å². The fourth-order valence-electron chi connectivity index (χ4n) is 4.04. The second-order valence-corrected chi connectivity index (χ2v) is 11.2. The Bertz CT molecular complexity index is 1590. The number of carbonyl (C=O) groups is 1. The Morgan fingerprint density at radius 3 is 2.88 bits per heavy atom. The van der Waals surface area contributed by atoms with Crippen LogP contribution >= 0.6 is 23.4 Å². The molecule has 0 saturated carbocycles. The number of sulfonamides is 1. The average molecular weight is 514 g/mol. The molecule has 0 unspecified atom stereocenters. The molecule has 1 N–H and O–H groups in total. The number of thioether (sulfide) groups is 1. The lowest BCUT2D eigenvalue weighted by molar-refractivity contribution is -0.118. The van der Waals surface area contributed by atoms with Gasteiger partial charge in [0.15, 0.2) is 6.61 Å². The standard InChI is InChI=1S/C23H16ClN3O5S2/c24-14-1-3-19-13(7-14)8-21(32-19)16-10-25-11-18-23(16)33-6-5-27(18)34(29,30)15-2-4-20-17(9-15)26-22(28)12-31-20/h1-4,7-11H,5-6,12H2,(H,26,28). The molecule has 0 fully saturated rings. The number of carbonyl (C=O) groups excluding carboxylic acids is 1. The van der Waals surface area contributed by atoms with Crippen molar-refractivity contribution in [1.82, 2.24) is 4.98 Å². The van der Waals surface area contributed by atoms with Crippen molar-refractivity contribution in [1.29, 1.82) is 0 Å². The zero-order valence-electron chi connectivity index (χ0n) is 17.4. The van der Waals surface area contributed by atoms with Crippen LogP contribution in [-0.4, -0.2) is 38.2 Å². The molecule has 172 valence electrons. The van der Waals surface area contributed by atoms with Crippen molar-refractivity contribution >= 4 is 61.6 Å². The minimum Gasteiger partial charge on any atom is -0.482 e. The number of anilines is 2. The normalized spacial score (nSPS) is 15.4. The van der Waals surface area contributed by atoms with Gasteiger partial charge in [-0.15, -0.1) is 11.8 Å². The number of pyridine rings is 1. The molecular formula is C23H16ClN3O5S2. The average Bonchev–Trinajstić information content (AvgIpc) is 3.25. The minimum absolute atomic E-state index is 0.0543. The second kappa shape index (κ2) is 7.93. The van der Waals surface area contributed by atoms with Gasteiger partial charge in [0, 0.05) is 33.8 Å². The Labute approximate surface area is 203 Å². The number of hydrogen-bond acceptors (Lipinski definition) is 7. The number of ether oxygens (including phenoxy) is 1. The SMILES string of the molecule is O=C1COc2ccc(S(=O)(=O)N3CCSc4c(-c5cc6cc(Cl)ccc6o5)cncc43)cc2N1. The fourth-order valence-corrected chi connectivity index (χ4v) is 6.98. The number of nitrogens with zero attached hydrogens (tertiary/aromatic N) is 2. The van der Waals surface area contributed by atoms with E-state index >= 15 is 0 Å². The third kappa shape index (κ3) is 3.49. The van der Waals surface area contributed by atoms with Crippen LogP contribution in [0.15, 0.2) is 69.1 Å². The molecule has 2 aliphatic heterocycles. The predicted octanol–water partition coefficient (Wildman–Crippen LogP) is 4.78. The lowest BCUT2D eigenvalue weighted by Crippen LogP contribution is -2.36. The Hall–Kier alpha value is -3.21. The Morgan fingerprint density at radius 1 is 1.12 bits per heavy atom. The molecule has 2 aromatic carbocycles. The molecule has 0 bridgehead atoms. The number of furan rings is 1. The maximum atomic E-state index is 13.6. The molecule has 1 amide bonds. The molecule has 6 rings (SSSR count). The monoisotopic (exact) mass is 513 g/mol. The van der Waals surface area contributed by atoms with Gasteiger partial charge in [-0.2, -0.15) is 0 Å². The van der Waals surface area contributed by atoms with Crippen molar-refractivity contribution in [3.63, 3.8) is 0 Å². The Balaban J connectivity index is 1.43. The van der Waals surface area contributed by atoms with Crippen molar-refractivity contribution < 1.29 is 22.4 Å². The first-order valence-corrected chi connectivity index (χ1v) is 13.1. The third-order valence-corrected chi connectivity index (χ3v) is 8.75. The molecule has 0 saturated heterocycles. The van der Waals surface area contributed by atoms with Crippen LogP contribution < -0.4 is 14.4 Å². The molecule has 4 heterocycles. The molecule has 34 heavy (non-hydrogen) atoms. The van der Waals surface area contributed by atoms with Gasteiger partial charge in [-0.25, -0.2) is 8.42 Å². The highest BCUT2D eigenvalue weighted by Gasteiger charge is 2.33. The number of amides is 1. The van der Waals surface area contributed by atoms with Crippen LogP contribution in [0.1, 0.15) is 0 Å². The minimum atomic E-state index is -3.93. The van der Waals surface area contributed by atoms with E-state index in [0.717, 1.165) is 10.3 Å². The highest BCUT2D eigenvalue weighted by molar-refractivity contribution is 8.00. The third-order valence-electron chi connectivity index (χ3n) is 5.60. The molecule has 0 atom stereocenters. The fraction of sp³-hybridized carbons (Fsp3) is 0.130. The van der Waals surface area contributed by atoms with Crippen LogP contribution in [0.3, 0.4) is 0 Å². The van der Waals surface area contributed by atoms with Crippen LogP contribution in [0.25, 0.3) is 22.3 Å². The summed E-state index contributed by atoms with van der Waals surface area (Å²) in [6, 6.07) is 11.7. The first-order valence-electron chi connectivity index (χ1n) is 10.3. The van der Waals surface area contributed by atoms with Gasteiger partial charge >= 0.3 is 0 Å². The van der Waals surface area contributed by atoms with Crippen molar-refractivity contribution in [3.05, 3.63) is 59.9 Å². The first kappa shape index (κ1) is 21.3. The lowest BCUT2D eigenvalue weighted by Gasteiger charge is -2.31. The zero-order valence-corrected chi connectivity index (χ0v) is 19.8. The van der Waals surface area contributed by atoms with E-state index in [4.69, 9.17) is 20.8 Å². The van der Waals surface area contributed by atoms with E-state index in [1.807, 2.05) is 12.1 Å². The van der Waals surface area contributed by atoms with E-state index in [0.29, 0.717) is 44.8 Å². The van der Waals surface area contributed by atoms with E-state index in [1.165, 1.54) is 16.4 Å². The van der Waals surface area contributed by atoms with Crippen molar-refractivity contribution in [2.45, 2.75) is 9.79 Å². The number of benzene rings is 2. The smallest absolute Gasteiger partial charge is 0.264 e. The molecule has 0 radical (unpaired) electrons. The molecule has 4 aromatic rings. The van der Waals surface area contributed by atoms with Gasteiger partial charge in [0.1, 0.15) is 17.1 Å². The largest absolute Gasteiger partial charge is 0.482 e. The van der Waals surface area contributed by atoms with Crippen LogP contribution in [0.5, 0.6) is 5.75 Å². The predicted molar refractivity (Wildman–Crippen MR) is 130 cm³/mol. The van der Waals surface area contributed by atoms with Crippen LogP contribution in [0.4, 0.5) is 11.4 Å². The molecule has 0 spiro atoms. The summed E-state index contributed by atoms with van der Waals surface area (Å²) in [4.78, 5) is 16.8. The molecule has 0 aliphatic carbocycles. The van der Waals surface area contributed by atoms with Crippen molar-refractivity contribution in [3.8, 4) is 17.1 Å². The van der Waals surface area contributed by atoms with E-state index in [9.17, 15) is 13.2 Å². The number of hydrogen-bond donors (Lipinski definition) is 1. The Morgan fingerprint density at radius 2 is 2.00 bits per heavy atom. The van der Waals surface area contributed by atoms with Gasteiger partial charge in [0.05, 0.1) is 28.0 Å². The molecule has 8 nitrogen and oxygen atoms in total. The van der Waals surface area contributed by atoms with Gasteiger partial charge in [-0.05, 0) is 42.5 Å². The van der Waals surface area contributed by atoms with Crippen LogP contribution in [0, 0.1) is 0 Å². The molecule has 11 heteroatoms. The van der Waals surface area contributed by atoms with Gasteiger partial charge in [0.2, 0.25) is 0 Å². The van der Waals surface area contributed by atoms with E-state index in [-0.39, 0.29) is 24.0 Å². The maximum Gasteiger partial charge on any atom is 0.264 e. The highest BCUT2D eigenvalue weighted by atomic mass is 35.5. The van der Waals surface area contributed by atoms with Gasteiger partial charge in [-0.1, -0.05) is 11.6 Å². The summed E-state index contributed by atoms with van der Waals surface area (Å²) in [5.41, 5.74) is 2.20. The van der Waals surface area contributed by atoms with Gasteiger partial charge in [0.25, 0.3) is 15.9 Å². The van der Waals surface area contributed by atoms with Crippen molar-refractivity contribution in [2.24, 2.45) is 0 Å². The summed E-state index contributed by atoms with van der Waals surface area (Å²) in [5.74, 6) is 1.24. The Kier molecular flexibility index (Phi) is 4.98. The number of halogens is 1. The summed E-state index contributed by atoms with van der Waals surface area (Å²) in [5, 5.41) is 4.11. The summed E-state index contributed by atoms with van der Waals surface area (Å²) >= 11 is 7.66. The summed E-state index contributed by atoms with van der Waals surface area (Å²) in [7, 11) is -3.93. The maximum absolute atomic E-state index is 13.6. The first-order chi connectivity index (χ1) is 16.4. The highest BCUT2D eigenvalue weighted by Crippen LogP contribution is 2.44. The van der Waals surface area contributed by atoms with Crippen molar-refractivity contribution in [2.75, 3.05) is 28.5 Å². The molecule has 2 aliphatic rings. The summed E-state index contributed by atoms with van der Waals surface area (Å²) in [6.45, 7) is 0.180. The van der Waals surface area contributed by atoms with E-state index < -0.39 is 10.0 Å². The quantitative estimate of drug-likeness (QED) is 0.420. The second-order valence-electron chi connectivity index (χ2n) is 7.75. The van der Waals surface area contributed by atoms with Crippen LogP contribution in [-0.2, 0) is 14.8 Å². The topological polar surface area (TPSA) is 102 Å². The summed E-state index contributed by atoms with van der Waals surface area (Å²) < 4.78 is 40.0. The number of aromatic nitrogens is 1. The van der Waals surface area contributed by atoms with Gasteiger partial charge in [-0.3, -0.25) is 14.1 Å². The zero-order chi connectivity index (χ0) is 23.4. The van der Waals surface area contributed by atoms with E-state index in [2.05, 4.69) is 10.3 Å².